The zero-order valence-electron chi connectivity index (χ0n) is 12.6. The quantitative estimate of drug-likeness (QED) is 0.526. The number of β-lactam (4-membered cyclic amide) rings is 1. The van der Waals surface area contributed by atoms with Gasteiger partial charge in [-0.1, -0.05) is 6.07 Å². The topological polar surface area (TPSA) is 84.5 Å². The molecule has 1 amide bonds. The van der Waals surface area contributed by atoms with Crippen LogP contribution >= 0.6 is 11.8 Å². The first-order valence-corrected chi connectivity index (χ1v) is 8.57. The lowest BCUT2D eigenvalue weighted by molar-refractivity contribution is -0.692. The fraction of sp³-hybridized carbons (Fsp3) is 0.438. The van der Waals surface area contributed by atoms with Crippen LogP contribution in [0.1, 0.15) is 12.8 Å². The number of fused-ring (bicyclic) bond motifs is 1. The van der Waals surface area contributed by atoms with E-state index in [-0.39, 0.29) is 30.2 Å². The molecule has 3 heterocycles. The van der Waals surface area contributed by atoms with Crippen LogP contribution in [0.5, 0.6) is 0 Å². The highest BCUT2D eigenvalue weighted by Crippen LogP contribution is 2.46. The smallest absolute Gasteiger partial charge is 0.232 e. The molecule has 2 aliphatic rings. The van der Waals surface area contributed by atoms with Crippen LogP contribution in [0.2, 0.25) is 0 Å². The Morgan fingerprint density at radius 1 is 1.39 bits per heavy atom. The Labute approximate surface area is 138 Å². The van der Waals surface area contributed by atoms with Gasteiger partial charge in [-0.3, -0.25) is 4.79 Å². The highest BCUT2D eigenvalue weighted by Gasteiger charge is 2.53. The van der Waals surface area contributed by atoms with Crippen molar-refractivity contribution in [3.63, 3.8) is 0 Å². The van der Waals surface area contributed by atoms with Crippen LogP contribution in [0.3, 0.4) is 0 Å². The van der Waals surface area contributed by atoms with Crippen molar-refractivity contribution in [3.8, 4) is 0 Å². The summed E-state index contributed by atoms with van der Waals surface area (Å²) in [4.78, 5) is 25.5. The molecule has 2 aliphatic heterocycles. The maximum Gasteiger partial charge on any atom is 0.232 e. The van der Waals surface area contributed by atoms with Crippen molar-refractivity contribution < 1.29 is 24.4 Å². The van der Waals surface area contributed by atoms with Crippen molar-refractivity contribution in [1.82, 2.24) is 4.90 Å². The first-order chi connectivity index (χ1) is 11.1. The van der Waals surface area contributed by atoms with Gasteiger partial charge < -0.3 is 19.9 Å². The van der Waals surface area contributed by atoms with E-state index in [1.54, 1.807) is 0 Å². The van der Waals surface area contributed by atoms with Crippen molar-refractivity contribution in [2.45, 2.75) is 25.4 Å². The van der Waals surface area contributed by atoms with Crippen molar-refractivity contribution in [2.75, 3.05) is 12.4 Å². The molecule has 23 heavy (non-hydrogen) atoms. The Morgan fingerprint density at radius 3 is 2.78 bits per heavy atom. The third kappa shape index (κ3) is 2.98. The second-order valence-electron chi connectivity index (χ2n) is 5.62. The van der Waals surface area contributed by atoms with E-state index in [1.807, 2.05) is 35.2 Å². The minimum Gasteiger partial charge on any atom is -0.543 e. The second kappa shape index (κ2) is 6.72. The van der Waals surface area contributed by atoms with Gasteiger partial charge in [0.15, 0.2) is 18.9 Å². The summed E-state index contributed by atoms with van der Waals surface area (Å²) < 4.78 is 2.02. The average Bonchev–Trinajstić information content (AvgIpc) is 2.89. The maximum atomic E-state index is 12.1. The normalized spacial score (nSPS) is 23.0. The molecule has 122 valence electrons. The minimum absolute atomic E-state index is 0.0252. The summed E-state index contributed by atoms with van der Waals surface area (Å²) in [6.45, 7) is 0.697. The number of carbonyl (C=O) groups excluding carboxylic acids is 2. The zero-order chi connectivity index (χ0) is 16.4. The van der Waals surface area contributed by atoms with Gasteiger partial charge in [0.05, 0.1) is 29.4 Å². The first-order valence-electron chi connectivity index (χ1n) is 7.58. The van der Waals surface area contributed by atoms with Crippen molar-refractivity contribution in [3.05, 3.63) is 41.2 Å². The first kappa shape index (κ1) is 16.0. The van der Waals surface area contributed by atoms with Gasteiger partial charge in [0.25, 0.3) is 0 Å². The number of aliphatic hydroxyl groups excluding tert-OH is 1. The number of nitrogens with zero attached hydrogens (tertiary/aromatic N) is 2. The summed E-state index contributed by atoms with van der Waals surface area (Å²) >= 11 is 1.47. The summed E-state index contributed by atoms with van der Waals surface area (Å²) in [5, 5.41) is 20.4. The zero-order valence-corrected chi connectivity index (χ0v) is 13.4. The molecule has 1 aromatic heterocycles. The van der Waals surface area contributed by atoms with Gasteiger partial charge in [0.2, 0.25) is 5.91 Å². The van der Waals surface area contributed by atoms with E-state index in [1.165, 1.54) is 16.7 Å². The number of aliphatic carboxylic acids is 1. The number of carboxylic acid groups (broad SMARTS) is 1. The van der Waals surface area contributed by atoms with Crippen molar-refractivity contribution >= 4 is 23.6 Å². The number of rotatable bonds is 7. The van der Waals surface area contributed by atoms with Crippen LogP contribution < -0.4 is 9.67 Å². The SMILES string of the molecule is O=C([O-])C1=C(SCC[n+]2ccccc2)C[C@@H]2[C@H](CCO)C(=O)N12. The Bertz CT molecular complexity index is 647. The molecular formula is C16H18N2O4S. The van der Waals surface area contributed by atoms with Crippen molar-refractivity contribution in [1.29, 1.82) is 0 Å². The lowest BCUT2D eigenvalue weighted by atomic mass is 9.85. The molecule has 3 rings (SSSR count). The molecule has 0 unspecified atom stereocenters. The van der Waals surface area contributed by atoms with Gasteiger partial charge >= 0.3 is 0 Å². The fourth-order valence-electron chi connectivity index (χ4n) is 3.19. The molecule has 0 radical (unpaired) electrons. The van der Waals surface area contributed by atoms with E-state index in [4.69, 9.17) is 5.11 Å². The number of thioether (sulfide) groups is 1. The predicted octanol–water partition coefficient (Wildman–Crippen LogP) is -0.718. The number of carbonyl (C=O) groups is 2. The van der Waals surface area contributed by atoms with E-state index in [9.17, 15) is 14.7 Å². The molecule has 7 heteroatoms. The van der Waals surface area contributed by atoms with E-state index in [2.05, 4.69) is 0 Å². The van der Waals surface area contributed by atoms with Gasteiger partial charge in [-0.05, 0) is 6.42 Å². The number of pyridine rings is 1. The van der Waals surface area contributed by atoms with Gasteiger partial charge in [-0.15, -0.1) is 11.8 Å². The van der Waals surface area contributed by atoms with Gasteiger partial charge in [-0.25, -0.2) is 4.57 Å². The number of aryl methyl sites for hydroxylation is 1. The molecule has 6 nitrogen and oxygen atoms in total. The van der Waals surface area contributed by atoms with E-state index < -0.39 is 5.97 Å². The summed E-state index contributed by atoms with van der Waals surface area (Å²) in [5.74, 6) is -1.05. The van der Waals surface area contributed by atoms with Crippen LogP contribution in [-0.2, 0) is 16.1 Å². The molecule has 0 aromatic carbocycles. The molecule has 0 aliphatic carbocycles. The number of aromatic nitrogens is 1. The standard InChI is InChI=1S/C16H18N2O4S/c19-8-4-11-12-10-13(14(16(21)22)18(12)15(11)20)23-9-7-17-5-2-1-3-6-17/h1-3,5-6,11-12,19H,4,7-10H2/t11-,12+/m0/s1. The molecule has 0 bridgehead atoms. The number of hydrogen-bond acceptors (Lipinski definition) is 5. The molecular weight excluding hydrogens is 316 g/mol. The van der Waals surface area contributed by atoms with E-state index in [0.717, 1.165) is 12.3 Å². The number of amides is 1. The van der Waals surface area contributed by atoms with Crippen LogP contribution in [0.15, 0.2) is 41.2 Å². The Kier molecular flexibility index (Phi) is 4.68. The predicted molar refractivity (Wildman–Crippen MR) is 81.6 cm³/mol. The molecule has 0 spiro atoms. The molecule has 1 N–H and O–H groups in total. The van der Waals surface area contributed by atoms with Crippen LogP contribution in [0.25, 0.3) is 0 Å². The Balaban J connectivity index is 1.66. The van der Waals surface area contributed by atoms with Gasteiger partial charge in [0.1, 0.15) is 0 Å². The van der Waals surface area contributed by atoms with Crippen LogP contribution in [0.4, 0.5) is 0 Å². The maximum absolute atomic E-state index is 12.1. The lowest BCUT2D eigenvalue weighted by Gasteiger charge is -2.44. The monoisotopic (exact) mass is 334 g/mol. The summed E-state index contributed by atoms with van der Waals surface area (Å²) in [6, 6.07) is 5.69. The molecule has 1 aromatic rings. The van der Waals surface area contributed by atoms with Crippen LogP contribution in [0, 0.1) is 5.92 Å². The van der Waals surface area contributed by atoms with Gasteiger partial charge in [-0.2, -0.15) is 0 Å². The van der Waals surface area contributed by atoms with E-state index >= 15 is 0 Å². The molecule has 0 saturated carbocycles. The summed E-state index contributed by atoms with van der Waals surface area (Å²) in [5.41, 5.74) is 0.0252. The largest absolute Gasteiger partial charge is 0.543 e. The highest BCUT2D eigenvalue weighted by atomic mass is 32.2. The fourth-order valence-corrected chi connectivity index (χ4v) is 4.34. The third-order valence-corrected chi connectivity index (χ3v) is 5.38. The third-order valence-electron chi connectivity index (χ3n) is 4.29. The number of hydrogen-bond donors (Lipinski definition) is 1. The van der Waals surface area contributed by atoms with Crippen molar-refractivity contribution in [2.24, 2.45) is 5.92 Å². The van der Waals surface area contributed by atoms with E-state index in [0.29, 0.717) is 17.7 Å². The molecule has 1 fully saturated rings. The minimum atomic E-state index is -1.29. The highest BCUT2D eigenvalue weighted by molar-refractivity contribution is 8.03. The van der Waals surface area contributed by atoms with Gasteiger partial charge in [0, 0.05) is 30.1 Å². The summed E-state index contributed by atoms with van der Waals surface area (Å²) in [6.07, 6.45) is 4.84. The molecule has 2 atom stereocenters. The Morgan fingerprint density at radius 2 is 2.13 bits per heavy atom. The second-order valence-corrected chi connectivity index (χ2v) is 6.81. The molecule has 1 saturated heterocycles. The average molecular weight is 334 g/mol. The Hall–Kier alpha value is -1.86. The number of carboxylic acids is 1. The number of aliphatic hydroxyl groups is 1. The summed E-state index contributed by atoms with van der Waals surface area (Å²) in [7, 11) is 0. The lowest BCUT2D eigenvalue weighted by Crippen LogP contribution is -2.59. The van der Waals surface area contributed by atoms with Crippen LogP contribution in [-0.4, -0.2) is 40.3 Å².